The normalized spacial score (nSPS) is 10.6. The number of pyridine rings is 1. The fourth-order valence-electron chi connectivity index (χ4n) is 3.13. The van der Waals surface area contributed by atoms with E-state index in [-0.39, 0.29) is 42.7 Å². The number of hydrogen-bond donors (Lipinski definition) is 2. The molecule has 34 heavy (non-hydrogen) atoms. The zero-order valence-corrected chi connectivity index (χ0v) is 18.9. The van der Waals surface area contributed by atoms with E-state index >= 15 is 0 Å². The van der Waals surface area contributed by atoms with Gasteiger partial charge in [0.15, 0.2) is 5.13 Å². The summed E-state index contributed by atoms with van der Waals surface area (Å²) in [5.74, 6) is -0.390. The number of halogens is 1. The van der Waals surface area contributed by atoms with Gasteiger partial charge in [-0.05, 0) is 36.4 Å². The van der Waals surface area contributed by atoms with Crippen LogP contribution < -0.4 is 10.6 Å². The van der Waals surface area contributed by atoms with E-state index in [1.807, 2.05) is 12.1 Å². The Labute approximate surface area is 199 Å². The van der Waals surface area contributed by atoms with Crippen LogP contribution >= 0.6 is 11.3 Å². The van der Waals surface area contributed by atoms with Crippen LogP contribution in [-0.2, 0) is 17.9 Å². The van der Waals surface area contributed by atoms with Crippen molar-refractivity contribution in [2.24, 2.45) is 0 Å². The number of carbonyl (C=O) groups is 2. The Morgan fingerprint density at radius 1 is 1.09 bits per heavy atom. The molecule has 0 atom stereocenters. The van der Waals surface area contributed by atoms with Crippen molar-refractivity contribution < 1.29 is 18.4 Å². The predicted octanol–water partition coefficient (Wildman–Crippen LogP) is 4.36. The van der Waals surface area contributed by atoms with Crippen LogP contribution in [0.25, 0.3) is 0 Å². The van der Waals surface area contributed by atoms with Crippen LogP contribution in [0.5, 0.6) is 0 Å². The maximum absolute atomic E-state index is 13.9. The number of furan rings is 1. The molecule has 0 unspecified atom stereocenters. The summed E-state index contributed by atoms with van der Waals surface area (Å²) >= 11 is 1.19. The molecule has 4 aromatic rings. The Morgan fingerprint density at radius 2 is 1.94 bits per heavy atom. The number of para-hydroxylation sites is 1. The fraction of sp³-hybridized carbons (Fsp3) is 0.167. The maximum atomic E-state index is 13.9. The van der Waals surface area contributed by atoms with Crippen molar-refractivity contribution in [1.29, 1.82) is 0 Å². The molecule has 0 spiro atoms. The number of benzene rings is 1. The molecule has 8 nitrogen and oxygen atoms in total. The predicted molar refractivity (Wildman–Crippen MR) is 126 cm³/mol. The average Bonchev–Trinajstić information content (AvgIpc) is 3.54. The maximum Gasteiger partial charge on any atom is 0.273 e. The van der Waals surface area contributed by atoms with E-state index in [0.29, 0.717) is 17.4 Å². The third-order valence-corrected chi connectivity index (χ3v) is 5.61. The molecule has 1 aromatic carbocycles. The lowest BCUT2D eigenvalue weighted by molar-refractivity contribution is -0.121. The zero-order chi connectivity index (χ0) is 23.8. The summed E-state index contributed by atoms with van der Waals surface area (Å²) in [7, 11) is 0. The highest BCUT2D eigenvalue weighted by Gasteiger charge is 2.21. The number of nitrogens with one attached hydrogen (secondary N) is 2. The van der Waals surface area contributed by atoms with Crippen molar-refractivity contribution in [2.45, 2.75) is 19.5 Å². The molecule has 0 bridgehead atoms. The minimum Gasteiger partial charge on any atom is -0.467 e. The van der Waals surface area contributed by atoms with E-state index in [9.17, 15) is 14.0 Å². The van der Waals surface area contributed by atoms with Gasteiger partial charge in [-0.15, -0.1) is 11.3 Å². The second-order valence-electron chi connectivity index (χ2n) is 7.30. The summed E-state index contributed by atoms with van der Waals surface area (Å²) in [6, 6.07) is 15.2. The molecule has 0 radical (unpaired) electrons. The lowest BCUT2D eigenvalue weighted by atomic mass is 10.3. The highest BCUT2D eigenvalue weighted by atomic mass is 32.1. The Bertz CT molecular complexity index is 1230. The molecule has 2 N–H and O–H groups in total. The van der Waals surface area contributed by atoms with Gasteiger partial charge in [0.2, 0.25) is 5.91 Å². The lowest BCUT2D eigenvalue weighted by Gasteiger charge is -2.20. The van der Waals surface area contributed by atoms with Crippen LogP contribution in [-0.4, -0.2) is 33.2 Å². The monoisotopic (exact) mass is 479 g/mol. The van der Waals surface area contributed by atoms with Crippen molar-refractivity contribution >= 4 is 34.0 Å². The van der Waals surface area contributed by atoms with Crippen LogP contribution in [0, 0.1) is 5.82 Å². The highest BCUT2D eigenvalue weighted by molar-refractivity contribution is 7.14. The Hall–Kier alpha value is -4.05. The Morgan fingerprint density at radius 3 is 2.71 bits per heavy atom. The molecule has 10 heteroatoms. The van der Waals surface area contributed by atoms with Gasteiger partial charge in [0, 0.05) is 24.5 Å². The number of rotatable bonds is 10. The highest BCUT2D eigenvalue weighted by Crippen LogP contribution is 2.24. The summed E-state index contributed by atoms with van der Waals surface area (Å²) in [6.45, 7) is 0.664. The number of thiazole rings is 1. The fourth-order valence-corrected chi connectivity index (χ4v) is 3.83. The smallest absolute Gasteiger partial charge is 0.273 e. The van der Waals surface area contributed by atoms with Crippen LogP contribution in [0.1, 0.15) is 28.4 Å². The third kappa shape index (κ3) is 6.26. The molecule has 0 aliphatic carbocycles. The molecule has 3 heterocycles. The van der Waals surface area contributed by atoms with Gasteiger partial charge < -0.3 is 20.0 Å². The second-order valence-corrected chi connectivity index (χ2v) is 8.15. The van der Waals surface area contributed by atoms with E-state index in [1.54, 1.807) is 48.0 Å². The van der Waals surface area contributed by atoms with Crippen molar-refractivity contribution in [3.63, 3.8) is 0 Å². The molecule has 0 fully saturated rings. The molecule has 0 aliphatic heterocycles. The first-order valence-electron chi connectivity index (χ1n) is 10.5. The number of aromatic nitrogens is 2. The lowest BCUT2D eigenvalue weighted by Crippen LogP contribution is -2.35. The molecule has 0 saturated carbocycles. The molecule has 3 aromatic heterocycles. The molecule has 2 amide bonds. The largest absolute Gasteiger partial charge is 0.467 e. The van der Waals surface area contributed by atoms with E-state index in [1.165, 1.54) is 28.6 Å². The first kappa shape index (κ1) is 23.1. The second kappa shape index (κ2) is 11.2. The van der Waals surface area contributed by atoms with Crippen LogP contribution in [0.3, 0.4) is 0 Å². The summed E-state index contributed by atoms with van der Waals surface area (Å²) in [6.07, 6.45) is 3.29. The van der Waals surface area contributed by atoms with Crippen molar-refractivity contribution in [2.75, 3.05) is 11.9 Å². The molecule has 0 saturated heterocycles. The van der Waals surface area contributed by atoms with Crippen LogP contribution in [0.2, 0.25) is 0 Å². The van der Waals surface area contributed by atoms with Gasteiger partial charge in [-0.25, -0.2) is 9.37 Å². The SMILES string of the molecule is O=C(CCN(Cc1ccco1)C(=O)c1csc(Nc2ccccc2F)n1)NCc1ccccn1. The summed E-state index contributed by atoms with van der Waals surface area (Å²) in [5, 5.41) is 7.68. The van der Waals surface area contributed by atoms with Gasteiger partial charge in [-0.1, -0.05) is 18.2 Å². The molecule has 174 valence electrons. The topological polar surface area (TPSA) is 100 Å². The van der Waals surface area contributed by atoms with E-state index < -0.39 is 5.82 Å². The summed E-state index contributed by atoms with van der Waals surface area (Å²) in [4.78, 5) is 35.5. The molecule has 4 rings (SSSR count). The zero-order valence-electron chi connectivity index (χ0n) is 18.1. The molecule has 0 aliphatic rings. The van der Waals surface area contributed by atoms with Gasteiger partial charge in [-0.3, -0.25) is 14.6 Å². The van der Waals surface area contributed by atoms with Gasteiger partial charge in [-0.2, -0.15) is 0 Å². The van der Waals surface area contributed by atoms with Gasteiger partial charge in [0.1, 0.15) is 17.3 Å². The van der Waals surface area contributed by atoms with Gasteiger partial charge in [0.25, 0.3) is 5.91 Å². The van der Waals surface area contributed by atoms with Crippen molar-refractivity contribution in [3.05, 3.63) is 95.4 Å². The third-order valence-electron chi connectivity index (χ3n) is 4.85. The number of amides is 2. The first-order valence-corrected chi connectivity index (χ1v) is 11.4. The summed E-state index contributed by atoms with van der Waals surface area (Å²) < 4.78 is 19.3. The van der Waals surface area contributed by atoms with E-state index in [0.717, 1.165) is 5.69 Å². The Balaban J connectivity index is 1.40. The minimum atomic E-state index is -0.415. The summed E-state index contributed by atoms with van der Waals surface area (Å²) in [5.41, 5.74) is 1.22. The van der Waals surface area contributed by atoms with E-state index in [2.05, 4.69) is 20.6 Å². The number of anilines is 2. The average molecular weight is 480 g/mol. The molecular formula is C24H22FN5O3S. The molecular weight excluding hydrogens is 457 g/mol. The van der Waals surface area contributed by atoms with Crippen molar-refractivity contribution in [1.82, 2.24) is 20.2 Å². The van der Waals surface area contributed by atoms with Gasteiger partial charge in [0.05, 0.1) is 30.7 Å². The number of carbonyl (C=O) groups excluding carboxylic acids is 2. The van der Waals surface area contributed by atoms with Crippen LogP contribution in [0.15, 0.2) is 76.9 Å². The van der Waals surface area contributed by atoms with Crippen molar-refractivity contribution in [3.8, 4) is 0 Å². The quantitative estimate of drug-likeness (QED) is 0.351. The van der Waals surface area contributed by atoms with E-state index in [4.69, 9.17) is 4.42 Å². The standard InChI is InChI=1S/C24H22FN5O3S/c25-19-8-1-2-9-20(19)28-24-29-21(16-34-24)23(32)30(15-18-7-5-13-33-18)12-10-22(31)27-14-17-6-3-4-11-26-17/h1-9,11,13,16H,10,12,14-15H2,(H,27,31)(H,28,29). The van der Waals surface area contributed by atoms with Crippen LogP contribution in [0.4, 0.5) is 15.2 Å². The Kier molecular flexibility index (Phi) is 7.61. The number of hydrogen-bond acceptors (Lipinski definition) is 7. The minimum absolute atomic E-state index is 0.101. The number of nitrogens with zero attached hydrogens (tertiary/aromatic N) is 3. The first-order chi connectivity index (χ1) is 16.6. The van der Waals surface area contributed by atoms with Gasteiger partial charge >= 0.3 is 0 Å².